The fourth-order valence-corrected chi connectivity index (χ4v) is 3.89. The van der Waals surface area contributed by atoms with Gasteiger partial charge in [-0.15, -0.1) is 0 Å². The van der Waals surface area contributed by atoms with E-state index in [2.05, 4.69) is 15.1 Å². The molecule has 6 nitrogen and oxygen atoms in total. The Morgan fingerprint density at radius 1 is 1.26 bits per heavy atom. The van der Waals surface area contributed by atoms with E-state index in [1.165, 1.54) is 19.3 Å². The summed E-state index contributed by atoms with van der Waals surface area (Å²) in [5, 5.41) is 3.61. The zero-order chi connectivity index (χ0) is 18.9. The minimum atomic E-state index is 0.0681. The molecule has 1 atom stereocenters. The van der Waals surface area contributed by atoms with Gasteiger partial charge in [-0.25, -0.2) is 0 Å². The van der Waals surface area contributed by atoms with E-state index < -0.39 is 0 Å². The SMILES string of the molecule is O=C(CN1CCCCC1CN1CCOCC1)NCCOc1cccc(Cl)c1. The van der Waals surface area contributed by atoms with E-state index in [-0.39, 0.29) is 5.91 Å². The van der Waals surface area contributed by atoms with Crippen LogP contribution in [0.15, 0.2) is 24.3 Å². The first-order chi connectivity index (χ1) is 13.2. The van der Waals surface area contributed by atoms with Crippen LogP contribution in [0.5, 0.6) is 5.75 Å². The van der Waals surface area contributed by atoms with Crippen LogP contribution in [0.2, 0.25) is 5.02 Å². The van der Waals surface area contributed by atoms with Crippen molar-refractivity contribution in [3.05, 3.63) is 29.3 Å². The summed E-state index contributed by atoms with van der Waals surface area (Å²) in [7, 11) is 0. The smallest absolute Gasteiger partial charge is 0.234 e. The van der Waals surface area contributed by atoms with E-state index >= 15 is 0 Å². The first kappa shape index (κ1) is 20.4. The summed E-state index contributed by atoms with van der Waals surface area (Å²) in [4.78, 5) is 17.2. The van der Waals surface area contributed by atoms with E-state index in [0.29, 0.717) is 30.8 Å². The van der Waals surface area contributed by atoms with Crippen LogP contribution in [-0.2, 0) is 9.53 Å². The third kappa shape index (κ3) is 6.96. The number of carbonyl (C=O) groups excluding carboxylic acids is 1. The molecule has 2 saturated heterocycles. The molecule has 7 heteroatoms. The first-order valence-corrected chi connectivity index (χ1v) is 10.3. The lowest BCUT2D eigenvalue weighted by molar-refractivity contribution is -0.123. The van der Waals surface area contributed by atoms with Gasteiger partial charge in [0.15, 0.2) is 0 Å². The molecule has 2 heterocycles. The number of halogens is 1. The van der Waals surface area contributed by atoms with Gasteiger partial charge in [-0.3, -0.25) is 14.6 Å². The lowest BCUT2D eigenvalue weighted by Crippen LogP contribution is -2.52. The third-order valence-corrected chi connectivity index (χ3v) is 5.39. The van der Waals surface area contributed by atoms with Gasteiger partial charge >= 0.3 is 0 Å². The van der Waals surface area contributed by atoms with Gasteiger partial charge in [-0.05, 0) is 37.6 Å². The van der Waals surface area contributed by atoms with Gasteiger partial charge in [-0.2, -0.15) is 0 Å². The van der Waals surface area contributed by atoms with E-state index in [1.54, 1.807) is 6.07 Å². The molecule has 0 saturated carbocycles. The van der Waals surface area contributed by atoms with Crippen LogP contribution in [0.1, 0.15) is 19.3 Å². The molecular weight excluding hydrogens is 366 g/mol. The Morgan fingerprint density at radius 3 is 2.93 bits per heavy atom. The van der Waals surface area contributed by atoms with Crippen molar-refractivity contribution in [1.29, 1.82) is 0 Å². The summed E-state index contributed by atoms with van der Waals surface area (Å²) in [5.41, 5.74) is 0. The maximum atomic E-state index is 12.4. The Hall–Kier alpha value is -1.34. The maximum absolute atomic E-state index is 12.4. The molecule has 2 aliphatic rings. The van der Waals surface area contributed by atoms with Crippen LogP contribution < -0.4 is 10.1 Å². The van der Waals surface area contributed by atoms with E-state index in [4.69, 9.17) is 21.1 Å². The van der Waals surface area contributed by atoms with Crippen LogP contribution >= 0.6 is 11.6 Å². The van der Waals surface area contributed by atoms with Crippen LogP contribution in [0, 0.1) is 0 Å². The highest BCUT2D eigenvalue weighted by Gasteiger charge is 2.26. The predicted molar refractivity (Wildman–Crippen MR) is 106 cm³/mol. The third-order valence-electron chi connectivity index (χ3n) is 5.16. The number of hydrogen-bond donors (Lipinski definition) is 1. The molecule has 2 aliphatic heterocycles. The summed E-state index contributed by atoms with van der Waals surface area (Å²) in [6, 6.07) is 7.75. The number of hydrogen-bond acceptors (Lipinski definition) is 5. The predicted octanol–water partition coefficient (Wildman–Crippen LogP) is 2.02. The monoisotopic (exact) mass is 395 g/mol. The quantitative estimate of drug-likeness (QED) is 0.682. The number of carbonyl (C=O) groups is 1. The van der Waals surface area contributed by atoms with Gasteiger partial charge in [0.2, 0.25) is 5.91 Å². The molecule has 27 heavy (non-hydrogen) atoms. The fraction of sp³-hybridized carbons (Fsp3) is 0.650. The summed E-state index contributed by atoms with van der Waals surface area (Å²) in [6.07, 6.45) is 3.59. The van der Waals surface area contributed by atoms with E-state index in [0.717, 1.165) is 45.1 Å². The number of amides is 1. The number of benzene rings is 1. The Morgan fingerprint density at radius 2 is 2.11 bits per heavy atom. The summed E-state index contributed by atoms with van der Waals surface area (Å²) >= 11 is 5.93. The van der Waals surface area contributed by atoms with Crippen LogP contribution in [0.3, 0.4) is 0 Å². The largest absolute Gasteiger partial charge is 0.492 e. The van der Waals surface area contributed by atoms with E-state index in [9.17, 15) is 4.79 Å². The molecule has 3 rings (SSSR count). The summed E-state index contributed by atoms with van der Waals surface area (Å²) < 4.78 is 11.1. The molecule has 0 aromatic heterocycles. The van der Waals surface area contributed by atoms with Crippen molar-refractivity contribution in [3.8, 4) is 5.75 Å². The fourth-order valence-electron chi connectivity index (χ4n) is 3.71. The molecule has 150 valence electrons. The molecular formula is C20H30ClN3O3. The standard InChI is InChI=1S/C20H30ClN3O3/c21-17-4-3-6-19(14-17)27-11-7-22-20(25)16-24-8-2-1-5-18(24)15-23-9-12-26-13-10-23/h3-4,6,14,18H,1-2,5,7-13,15-16H2,(H,22,25). The average molecular weight is 396 g/mol. The Kier molecular flexibility index (Phi) is 8.20. The highest BCUT2D eigenvalue weighted by atomic mass is 35.5. The number of nitrogens with one attached hydrogen (secondary N) is 1. The number of likely N-dealkylation sites (tertiary alicyclic amines) is 1. The van der Waals surface area contributed by atoms with Crippen molar-refractivity contribution in [1.82, 2.24) is 15.1 Å². The van der Waals surface area contributed by atoms with Gasteiger partial charge in [0.25, 0.3) is 0 Å². The first-order valence-electron chi connectivity index (χ1n) is 9.90. The van der Waals surface area contributed by atoms with Crippen molar-refractivity contribution in [2.75, 3.05) is 59.1 Å². The van der Waals surface area contributed by atoms with Crippen molar-refractivity contribution in [3.63, 3.8) is 0 Å². The number of rotatable bonds is 8. The normalized spacial score (nSPS) is 21.7. The van der Waals surface area contributed by atoms with E-state index in [1.807, 2.05) is 18.2 Å². The Bertz CT molecular complexity index is 596. The number of piperidine rings is 1. The molecule has 1 amide bonds. The average Bonchev–Trinajstić information content (AvgIpc) is 2.68. The van der Waals surface area contributed by atoms with Gasteiger partial charge in [0, 0.05) is 30.7 Å². The Balaban J connectivity index is 1.37. The summed E-state index contributed by atoms with van der Waals surface area (Å²) in [6.45, 7) is 7.06. The zero-order valence-electron chi connectivity index (χ0n) is 15.9. The van der Waals surface area contributed by atoms with Crippen LogP contribution in [0.4, 0.5) is 0 Å². The number of ether oxygens (including phenoxy) is 2. The molecule has 1 N–H and O–H groups in total. The minimum absolute atomic E-state index is 0.0681. The second-order valence-electron chi connectivity index (χ2n) is 7.19. The minimum Gasteiger partial charge on any atom is -0.492 e. The lowest BCUT2D eigenvalue weighted by atomic mass is 10.0. The molecule has 0 bridgehead atoms. The van der Waals surface area contributed by atoms with Gasteiger partial charge in [0.05, 0.1) is 26.3 Å². The van der Waals surface area contributed by atoms with Crippen molar-refractivity contribution in [2.24, 2.45) is 0 Å². The Labute approximate surface area is 166 Å². The van der Waals surface area contributed by atoms with Crippen molar-refractivity contribution >= 4 is 17.5 Å². The number of nitrogens with zero attached hydrogens (tertiary/aromatic N) is 2. The molecule has 1 unspecified atom stereocenters. The maximum Gasteiger partial charge on any atom is 0.234 e. The van der Waals surface area contributed by atoms with Crippen LogP contribution in [-0.4, -0.2) is 80.8 Å². The second-order valence-corrected chi connectivity index (χ2v) is 7.63. The molecule has 0 aliphatic carbocycles. The van der Waals surface area contributed by atoms with Gasteiger partial charge in [-0.1, -0.05) is 24.1 Å². The highest BCUT2D eigenvalue weighted by molar-refractivity contribution is 6.30. The molecule has 1 aromatic carbocycles. The molecule has 0 radical (unpaired) electrons. The number of morpholine rings is 1. The van der Waals surface area contributed by atoms with Crippen molar-refractivity contribution < 1.29 is 14.3 Å². The second kappa shape index (κ2) is 10.9. The van der Waals surface area contributed by atoms with Crippen LogP contribution in [0.25, 0.3) is 0 Å². The molecule has 0 spiro atoms. The zero-order valence-corrected chi connectivity index (χ0v) is 16.6. The molecule has 2 fully saturated rings. The van der Waals surface area contributed by atoms with Crippen molar-refractivity contribution in [2.45, 2.75) is 25.3 Å². The topological polar surface area (TPSA) is 54.0 Å². The molecule has 1 aromatic rings. The summed E-state index contributed by atoms with van der Waals surface area (Å²) in [5.74, 6) is 0.789. The van der Waals surface area contributed by atoms with Gasteiger partial charge in [0.1, 0.15) is 12.4 Å². The highest BCUT2D eigenvalue weighted by Crippen LogP contribution is 2.18. The van der Waals surface area contributed by atoms with Gasteiger partial charge < -0.3 is 14.8 Å². The lowest BCUT2D eigenvalue weighted by Gasteiger charge is -2.39.